The summed E-state index contributed by atoms with van der Waals surface area (Å²) in [5.41, 5.74) is 2.02. The highest BCUT2D eigenvalue weighted by Crippen LogP contribution is 2.34. The van der Waals surface area contributed by atoms with Gasteiger partial charge in [-0.1, -0.05) is 23.7 Å². The van der Waals surface area contributed by atoms with Gasteiger partial charge in [0.05, 0.1) is 18.1 Å². The topological polar surface area (TPSA) is 70.4 Å². The Bertz CT molecular complexity index is 1100. The van der Waals surface area contributed by atoms with Gasteiger partial charge in [-0.15, -0.1) is 0 Å². The van der Waals surface area contributed by atoms with E-state index in [4.69, 9.17) is 11.6 Å². The summed E-state index contributed by atoms with van der Waals surface area (Å²) in [6.07, 6.45) is 5.72. The molecule has 1 aliphatic carbocycles. The molecule has 2 fully saturated rings. The highest BCUT2D eigenvalue weighted by atomic mass is 35.5. The quantitative estimate of drug-likeness (QED) is 0.571. The average Bonchev–Trinajstić information content (AvgIpc) is 3.59. The second-order valence-corrected chi connectivity index (χ2v) is 9.14. The molecule has 1 atom stereocenters. The largest absolute Gasteiger partial charge is 0.352 e. The molecule has 0 bridgehead atoms. The minimum atomic E-state index is 0.185. The van der Waals surface area contributed by atoms with Gasteiger partial charge in [-0.3, -0.25) is 14.4 Å². The second-order valence-electron chi connectivity index (χ2n) is 8.70. The molecule has 1 aromatic carbocycles. The van der Waals surface area contributed by atoms with E-state index in [-0.39, 0.29) is 11.9 Å². The van der Waals surface area contributed by atoms with Crippen LogP contribution < -0.4 is 4.90 Å². The smallest absolute Gasteiger partial charge is 0.236 e. The van der Waals surface area contributed by atoms with Crippen LogP contribution in [0.25, 0.3) is 11.0 Å². The summed E-state index contributed by atoms with van der Waals surface area (Å²) in [6.45, 7) is 5.53. The molecular weight excluding hydrogens is 426 g/mol. The van der Waals surface area contributed by atoms with Gasteiger partial charge in [0.25, 0.3) is 0 Å². The zero-order valence-electron chi connectivity index (χ0n) is 18.5. The van der Waals surface area contributed by atoms with E-state index in [2.05, 4.69) is 43.9 Å². The van der Waals surface area contributed by atoms with Crippen LogP contribution in [0.3, 0.4) is 0 Å². The summed E-state index contributed by atoms with van der Waals surface area (Å²) in [5.74, 6) is 1.10. The van der Waals surface area contributed by atoms with Crippen LogP contribution in [-0.2, 0) is 11.8 Å². The van der Waals surface area contributed by atoms with Crippen LogP contribution in [0.1, 0.15) is 31.4 Å². The van der Waals surface area contributed by atoms with Crippen molar-refractivity contribution in [3.05, 3.63) is 47.4 Å². The van der Waals surface area contributed by atoms with Crippen LogP contribution in [0.5, 0.6) is 0 Å². The molecule has 1 amide bonds. The molecule has 1 aliphatic heterocycles. The fourth-order valence-corrected chi connectivity index (χ4v) is 4.67. The standard InChI is InChI=1S/C23H28ClN7O/c1-16(17-3-5-18(24)6-4-17)31(19-7-8-19)14-21(32)29-9-11-30(12-10-29)23-20-13-27-28(2)22(20)25-15-26-23/h3-6,13,15-16,19H,7-12,14H2,1-2H3. The first-order valence-corrected chi connectivity index (χ1v) is 11.6. The van der Waals surface area contributed by atoms with E-state index in [0.29, 0.717) is 25.7 Å². The number of aromatic nitrogens is 4. The van der Waals surface area contributed by atoms with Crippen molar-refractivity contribution >= 4 is 34.4 Å². The van der Waals surface area contributed by atoms with E-state index < -0.39 is 0 Å². The number of hydrogen-bond acceptors (Lipinski definition) is 6. The number of carbonyl (C=O) groups is 1. The average molecular weight is 454 g/mol. The Labute approximate surface area is 192 Å². The summed E-state index contributed by atoms with van der Waals surface area (Å²) in [5, 5.41) is 5.99. The van der Waals surface area contributed by atoms with Gasteiger partial charge in [-0.2, -0.15) is 5.10 Å². The molecule has 1 saturated carbocycles. The lowest BCUT2D eigenvalue weighted by Crippen LogP contribution is -2.52. The number of amides is 1. The Morgan fingerprint density at radius 1 is 1.16 bits per heavy atom. The Morgan fingerprint density at radius 3 is 2.56 bits per heavy atom. The van der Waals surface area contributed by atoms with Crippen LogP contribution in [0.15, 0.2) is 36.8 Å². The third-order valence-electron chi connectivity index (χ3n) is 6.62. The number of rotatable bonds is 6. The number of nitrogens with zero attached hydrogens (tertiary/aromatic N) is 7. The predicted octanol–water partition coefficient (Wildman–Crippen LogP) is 2.89. The van der Waals surface area contributed by atoms with Crippen LogP contribution >= 0.6 is 11.6 Å². The lowest BCUT2D eigenvalue weighted by molar-refractivity contribution is -0.133. The molecule has 32 heavy (non-hydrogen) atoms. The summed E-state index contributed by atoms with van der Waals surface area (Å²) < 4.78 is 1.76. The van der Waals surface area contributed by atoms with Crippen molar-refractivity contribution in [1.29, 1.82) is 0 Å². The zero-order valence-corrected chi connectivity index (χ0v) is 19.2. The maximum Gasteiger partial charge on any atom is 0.236 e. The summed E-state index contributed by atoms with van der Waals surface area (Å²) in [6, 6.07) is 8.65. The first-order chi connectivity index (χ1) is 15.5. The monoisotopic (exact) mass is 453 g/mol. The van der Waals surface area contributed by atoms with Crippen molar-refractivity contribution in [2.24, 2.45) is 7.05 Å². The van der Waals surface area contributed by atoms with Gasteiger partial charge in [0, 0.05) is 50.3 Å². The molecule has 1 saturated heterocycles. The number of fused-ring (bicyclic) bond motifs is 1. The number of carbonyl (C=O) groups excluding carboxylic acids is 1. The highest BCUT2D eigenvalue weighted by Gasteiger charge is 2.35. The molecule has 2 aliphatic rings. The Kier molecular flexibility index (Phi) is 5.73. The van der Waals surface area contributed by atoms with Crippen molar-refractivity contribution in [1.82, 2.24) is 29.5 Å². The zero-order chi connectivity index (χ0) is 22.2. The lowest BCUT2D eigenvalue weighted by Gasteiger charge is -2.37. The molecule has 2 aromatic heterocycles. The molecule has 0 spiro atoms. The van der Waals surface area contributed by atoms with E-state index in [1.54, 1.807) is 11.0 Å². The van der Waals surface area contributed by atoms with E-state index in [1.165, 1.54) is 5.56 Å². The number of piperazine rings is 1. The van der Waals surface area contributed by atoms with Crippen LogP contribution in [0.4, 0.5) is 5.82 Å². The van der Waals surface area contributed by atoms with Gasteiger partial charge in [0.15, 0.2) is 5.65 Å². The van der Waals surface area contributed by atoms with Crippen molar-refractivity contribution in [3.8, 4) is 0 Å². The molecule has 1 unspecified atom stereocenters. The number of hydrogen-bond donors (Lipinski definition) is 0. The summed E-state index contributed by atoms with van der Waals surface area (Å²) in [7, 11) is 1.88. The fraction of sp³-hybridized carbons (Fsp3) is 0.478. The molecule has 5 rings (SSSR count). The number of aryl methyl sites for hydroxylation is 1. The Hall–Kier alpha value is -2.71. The van der Waals surface area contributed by atoms with Crippen molar-refractivity contribution in [2.45, 2.75) is 31.8 Å². The third-order valence-corrected chi connectivity index (χ3v) is 6.88. The van der Waals surface area contributed by atoms with E-state index in [9.17, 15) is 4.79 Å². The van der Waals surface area contributed by atoms with Gasteiger partial charge in [0.2, 0.25) is 5.91 Å². The van der Waals surface area contributed by atoms with E-state index >= 15 is 0 Å². The molecule has 9 heteroatoms. The first-order valence-electron chi connectivity index (χ1n) is 11.2. The van der Waals surface area contributed by atoms with Crippen molar-refractivity contribution in [2.75, 3.05) is 37.6 Å². The van der Waals surface area contributed by atoms with Gasteiger partial charge >= 0.3 is 0 Å². The number of anilines is 1. The summed E-state index contributed by atoms with van der Waals surface area (Å²) >= 11 is 6.06. The second kappa shape index (κ2) is 8.67. The lowest BCUT2D eigenvalue weighted by atomic mass is 10.1. The number of halogens is 1. The van der Waals surface area contributed by atoms with Crippen molar-refractivity contribution in [3.63, 3.8) is 0 Å². The molecule has 168 valence electrons. The van der Waals surface area contributed by atoms with E-state index in [1.807, 2.05) is 30.3 Å². The highest BCUT2D eigenvalue weighted by molar-refractivity contribution is 6.30. The molecule has 0 N–H and O–H groups in total. The Balaban J connectivity index is 1.23. The molecule has 3 aromatic rings. The van der Waals surface area contributed by atoms with E-state index in [0.717, 1.165) is 47.8 Å². The van der Waals surface area contributed by atoms with Gasteiger partial charge in [-0.25, -0.2) is 9.97 Å². The molecule has 3 heterocycles. The minimum Gasteiger partial charge on any atom is -0.352 e. The molecule has 0 radical (unpaired) electrons. The number of benzene rings is 1. The van der Waals surface area contributed by atoms with Crippen molar-refractivity contribution < 1.29 is 4.79 Å². The maximum absolute atomic E-state index is 13.2. The van der Waals surface area contributed by atoms with Gasteiger partial charge in [-0.05, 0) is 37.5 Å². The molecule has 8 nitrogen and oxygen atoms in total. The Morgan fingerprint density at radius 2 is 1.88 bits per heavy atom. The SMILES string of the molecule is CC(c1ccc(Cl)cc1)N(CC(=O)N1CCN(c2ncnc3c2cnn3C)CC1)C1CC1. The summed E-state index contributed by atoms with van der Waals surface area (Å²) in [4.78, 5) is 28.6. The first kappa shape index (κ1) is 21.2. The predicted molar refractivity (Wildman–Crippen MR) is 125 cm³/mol. The van der Waals surface area contributed by atoms with Crippen LogP contribution in [0, 0.1) is 0 Å². The van der Waals surface area contributed by atoms with Crippen LogP contribution in [0.2, 0.25) is 5.02 Å². The van der Waals surface area contributed by atoms with Gasteiger partial charge in [0.1, 0.15) is 12.1 Å². The third kappa shape index (κ3) is 4.17. The normalized spacial score (nSPS) is 17.9. The minimum absolute atomic E-state index is 0.185. The fourth-order valence-electron chi connectivity index (χ4n) is 4.55. The van der Waals surface area contributed by atoms with Gasteiger partial charge < -0.3 is 9.80 Å². The maximum atomic E-state index is 13.2. The molecular formula is C23H28ClN7O. The van der Waals surface area contributed by atoms with Crippen LogP contribution in [-0.4, -0.2) is 74.2 Å².